The summed E-state index contributed by atoms with van der Waals surface area (Å²) in [5.41, 5.74) is 2.09. The van der Waals surface area contributed by atoms with E-state index in [0.717, 1.165) is 16.9 Å². The molecule has 18 heavy (non-hydrogen) atoms. The lowest BCUT2D eigenvalue weighted by molar-refractivity contribution is 0.398. The monoisotopic (exact) mass is 305 g/mol. The molecule has 2 nitrogen and oxygen atoms in total. The van der Waals surface area contributed by atoms with Crippen molar-refractivity contribution in [2.75, 3.05) is 5.52 Å². The lowest BCUT2D eigenvalue weighted by Crippen LogP contribution is -1.89. The molecule has 0 aliphatic carbocycles. The third-order valence-electron chi connectivity index (χ3n) is 2.50. The molecular weight excluding hydrogens is 297 g/mol. The van der Waals surface area contributed by atoms with Crippen LogP contribution in [0, 0.1) is 17.1 Å². The van der Waals surface area contributed by atoms with Gasteiger partial charge in [0.1, 0.15) is 23.2 Å². The van der Waals surface area contributed by atoms with Gasteiger partial charge in [-0.15, -0.1) is 0 Å². The van der Waals surface area contributed by atoms with Gasteiger partial charge in [-0.25, -0.2) is 4.39 Å². The van der Waals surface area contributed by atoms with Crippen molar-refractivity contribution < 1.29 is 9.13 Å². The van der Waals surface area contributed by atoms with E-state index in [9.17, 15) is 4.39 Å². The molecule has 4 heteroatoms. The Morgan fingerprint density at radius 1 is 1.11 bits per heavy atom. The maximum absolute atomic E-state index is 13.5. The molecule has 0 aliphatic rings. The number of ether oxygens (including phenoxy) is 1. The van der Waals surface area contributed by atoms with E-state index in [2.05, 4.69) is 15.9 Å². The number of nitrogens with zero attached hydrogens (tertiary/aromatic N) is 1. The summed E-state index contributed by atoms with van der Waals surface area (Å²) < 4.78 is 18.7. The third kappa shape index (κ3) is 2.69. The van der Waals surface area contributed by atoms with Crippen molar-refractivity contribution in [2.24, 2.45) is 0 Å². The van der Waals surface area contributed by atoms with Crippen molar-refractivity contribution in [3.8, 4) is 22.9 Å². The molecule has 0 unspecified atom stereocenters. The first-order valence-corrected chi connectivity index (χ1v) is 6.35. The molecule has 0 atom stereocenters. The van der Waals surface area contributed by atoms with E-state index in [0.29, 0.717) is 5.52 Å². The minimum atomic E-state index is -0.504. The maximum Gasteiger partial charge on any atom is 0.143 e. The molecule has 0 amide bonds. The van der Waals surface area contributed by atoms with Crippen LogP contribution in [0.1, 0.15) is 5.56 Å². The molecule has 90 valence electrons. The zero-order valence-electron chi connectivity index (χ0n) is 9.36. The zero-order valence-corrected chi connectivity index (χ0v) is 10.9. The van der Waals surface area contributed by atoms with Crippen LogP contribution >= 0.6 is 15.9 Å². The van der Waals surface area contributed by atoms with Crippen molar-refractivity contribution >= 4 is 15.9 Å². The minimum Gasteiger partial charge on any atom is -0.482 e. The van der Waals surface area contributed by atoms with E-state index in [1.165, 1.54) is 12.1 Å². The first-order chi connectivity index (χ1) is 8.74. The Hall–Kier alpha value is -1.86. The van der Waals surface area contributed by atoms with Crippen molar-refractivity contribution in [1.29, 1.82) is 5.26 Å². The average molecular weight is 306 g/mol. The summed E-state index contributed by atoms with van der Waals surface area (Å²) in [6, 6.07) is 13.7. The second kappa shape index (κ2) is 5.65. The smallest absolute Gasteiger partial charge is 0.143 e. The van der Waals surface area contributed by atoms with Gasteiger partial charge in [0.05, 0.1) is 5.56 Å². The highest BCUT2D eigenvalue weighted by atomic mass is 79.9. The Kier molecular flexibility index (Phi) is 3.96. The van der Waals surface area contributed by atoms with Gasteiger partial charge in [0.25, 0.3) is 0 Å². The highest BCUT2D eigenvalue weighted by molar-refractivity contribution is 9.09. The van der Waals surface area contributed by atoms with E-state index >= 15 is 0 Å². The lowest BCUT2D eigenvalue weighted by atomic mass is 10.0. The van der Waals surface area contributed by atoms with Crippen LogP contribution < -0.4 is 4.74 Å². The van der Waals surface area contributed by atoms with Crippen molar-refractivity contribution in [2.45, 2.75) is 0 Å². The number of rotatable bonds is 3. The number of alkyl halides is 1. The normalized spacial score (nSPS) is 9.83. The number of hydrogen-bond donors (Lipinski definition) is 0. The van der Waals surface area contributed by atoms with Crippen molar-refractivity contribution in [3.05, 3.63) is 53.8 Å². The summed E-state index contributed by atoms with van der Waals surface area (Å²) in [6.45, 7) is 0. The summed E-state index contributed by atoms with van der Waals surface area (Å²) in [6.07, 6.45) is 0. The highest BCUT2D eigenvalue weighted by Gasteiger charge is 2.04. The van der Waals surface area contributed by atoms with Gasteiger partial charge in [0.2, 0.25) is 0 Å². The fraction of sp³-hybridized carbons (Fsp3) is 0.0714. The largest absolute Gasteiger partial charge is 0.482 e. The van der Waals surface area contributed by atoms with Crippen molar-refractivity contribution in [1.82, 2.24) is 0 Å². The SMILES string of the molecule is N#Cc1ccc(-c2ccc(OCBr)cc2)cc1F. The lowest BCUT2D eigenvalue weighted by Gasteiger charge is -2.05. The standard InChI is InChI=1S/C14H9BrFNO/c15-9-18-13-5-3-10(4-6-13)11-1-2-12(8-17)14(16)7-11/h1-7H,9H2. The summed E-state index contributed by atoms with van der Waals surface area (Å²) in [7, 11) is 0. The Bertz CT molecular complexity index is 590. The Morgan fingerprint density at radius 2 is 1.78 bits per heavy atom. The van der Waals surface area contributed by atoms with Gasteiger partial charge in [0, 0.05) is 0 Å². The second-order valence-corrected chi connectivity index (χ2v) is 4.04. The Balaban J connectivity index is 2.31. The van der Waals surface area contributed by atoms with Crippen LogP contribution in [0.3, 0.4) is 0 Å². The molecule has 0 aliphatic heterocycles. The summed E-state index contributed by atoms with van der Waals surface area (Å²) in [5.74, 6) is 0.237. The molecule has 2 aromatic carbocycles. The molecule has 0 aromatic heterocycles. The molecule has 0 saturated carbocycles. The van der Waals surface area contributed by atoms with E-state index in [4.69, 9.17) is 10.00 Å². The summed E-state index contributed by atoms with van der Waals surface area (Å²) in [5, 5.41) is 8.66. The van der Waals surface area contributed by atoms with E-state index in [1.807, 2.05) is 24.3 Å². The van der Waals surface area contributed by atoms with Crippen LogP contribution in [-0.4, -0.2) is 5.52 Å². The van der Waals surface area contributed by atoms with Gasteiger partial charge in [-0.3, -0.25) is 0 Å². The van der Waals surface area contributed by atoms with Gasteiger partial charge < -0.3 is 4.74 Å². The third-order valence-corrected chi connectivity index (χ3v) is 2.73. The van der Waals surface area contributed by atoms with E-state index in [-0.39, 0.29) is 5.56 Å². The predicted molar refractivity (Wildman–Crippen MR) is 71.0 cm³/mol. The van der Waals surface area contributed by atoms with Crippen LogP contribution in [-0.2, 0) is 0 Å². The van der Waals surface area contributed by atoms with Gasteiger partial charge >= 0.3 is 0 Å². The molecular formula is C14H9BrFNO. The zero-order chi connectivity index (χ0) is 13.0. The molecule has 0 heterocycles. The second-order valence-electron chi connectivity index (χ2n) is 3.58. The van der Waals surface area contributed by atoms with Crippen LogP contribution in [0.2, 0.25) is 0 Å². The number of nitriles is 1. The Morgan fingerprint density at radius 3 is 2.33 bits per heavy atom. The van der Waals surface area contributed by atoms with Gasteiger partial charge in [0.15, 0.2) is 0 Å². The first-order valence-electron chi connectivity index (χ1n) is 5.23. The van der Waals surface area contributed by atoms with Crippen molar-refractivity contribution in [3.63, 3.8) is 0 Å². The molecule has 2 aromatic rings. The molecule has 2 rings (SSSR count). The molecule has 0 bridgehead atoms. The van der Waals surface area contributed by atoms with E-state index < -0.39 is 5.82 Å². The van der Waals surface area contributed by atoms with Crippen LogP contribution in [0.5, 0.6) is 5.75 Å². The molecule has 0 spiro atoms. The van der Waals surface area contributed by atoms with E-state index in [1.54, 1.807) is 12.1 Å². The fourth-order valence-corrected chi connectivity index (χ4v) is 1.86. The summed E-state index contributed by atoms with van der Waals surface area (Å²) in [4.78, 5) is 0. The summed E-state index contributed by atoms with van der Waals surface area (Å²) >= 11 is 3.17. The Labute approximate surface area is 113 Å². The quantitative estimate of drug-likeness (QED) is 0.800. The van der Waals surface area contributed by atoms with Gasteiger partial charge in [-0.1, -0.05) is 18.2 Å². The van der Waals surface area contributed by atoms with Gasteiger partial charge in [-0.05, 0) is 51.3 Å². The fourth-order valence-electron chi connectivity index (χ4n) is 1.59. The van der Waals surface area contributed by atoms with Gasteiger partial charge in [-0.2, -0.15) is 5.26 Å². The maximum atomic E-state index is 13.5. The molecule has 0 fully saturated rings. The predicted octanol–water partition coefficient (Wildman–Crippen LogP) is 4.10. The molecule has 0 saturated heterocycles. The highest BCUT2D eigenvalue weighted by Crippen LogP contribution is 2.24. The number of hydrogen-bond acceptors (Lipinski definition) is 2. The van der Waals surface area contributed by atoms with Crippen LogP contribution in [0.15, 0.2) is 42.5 Å². The molecule has 0 radical (unpaired) electrons. The number of halogens is 2. The van der Waals surface area contributed by atoms with Crippen LogP contribution in [0.4, 0.5) is 4.39 Å². The molecule has 0 N–H and O–H groups in total. The average Bonchev–Trinajstić information content (AvgIpc) is 2.40. The topological polar surface area (TPSA) is 33.0 Å². The van der Waals surface area contributed by atoms with Crippen LogP contribution in [0.25, 0.3) is 11.1 Å². The number of benzene rings is 2. The first kappa shape index (κ1) is 12.6. The minimum absolute atomic E-state index is 0.0537.